The Balaban J connectivity index is 1.75. The van der Waals surface area contributed by atoms with Crippen molar-refractivity contribution >= 4 is 11.8 Å². The second kappa shape index (κ2) is 7.38. The summed E-state index contributed by atoms with van der Waals surface area (Å²) in [6.45, 7) is 2.53. The average Bonchev–Trinajstić information content (AvgIpc) is 2.56. The monoisotopic (exact) mass is 309 g/mol. The molecule has 0 radical (unpaired) electrons. The molecular weight excluding hydrogens is 286 g/mol. The lowest BCUT2D eigenvalue weighted by Gasteiger charge is -2.26. The molecule has 2 aliphatic rings. The van der Waals surface area contributed by atoms with Crippen molar-refractivity contribution < 1.29 is 14.2 Å². The van der Waals surface area contributed by atoms with Crippen LogP contribution in [0.1, 0.15) is 24.5 Å². The molecule has 3 rings (SSSR count). The van der Waals surface area contributed by atoms with E-state index in [1.807, 2.05) is 17.8 Å². The van der Waals surface area contributed by atoms with Gasteiger partial charge in [0.05, 0.1) is 19.8 Å². The van der Waals surface area contributed by atoms with Crippen LogP contribution in [0.4, 0.5) is 0 Å². The third-order valence-electron chi connectivity index (χ3n) is 3.90. The van der Waals surface area contributed by atoms with E-state index in [1.54, 1.807) is 7.11 Å². The predicted octanol–water partition coefficient (Wildman–Crippen LogP) is 2.63. The van der Waals surface area contributed by atoms with E-state index >= 15 is 0 Å². The normalized spacial score (nSPS) is 26.3. The Morgan fingerprint density at radius 3 is 3.00 bits per heavy atom. The van der Waals surface area contributed by atoms with Gasteiger partial charge >= 0.3 is 0 Å². The van der Waals surface area contributed by atoms with E-state index in [2.05, 4.69) is 17.4 Å². The summed E-state index contributed by atoms with van der Waals surface area (Å²) < 4.78 is 17.4. The van der Waals surface area contributed by atoms with Crippen LogP contribution < -0.4 is 14.8 Å². The number of rotatable bonds is 4. The van der Waals surface area contributed by atoms with Gasteiger partial charge in [-0.05, 0) is 36.3 Å². The van der Waals surface area contributed by atoms with Crippen molar-refractivity contribution in [1.82, 2.24) is 5.32 Å². The summed E-state index contributed by atoms with van der Waals surface area (Å²) in [6.07, 6.45) is 2.75. The van der Waals surface area contributed by atoms with Gasteiger partial charge in [-0.2, -0.15) is 11.8 Å². The zero-order valence-electron chi connectivity index (χ0n) is 12.5. The quantitative estimate of drug-likeness (QED) is 0.926. The van der Waals surface area contributed by atoms with E-state index in [0.29, 0.717) is 6.10 Å². The van der Waals surface area contributed by atoms with Crippen molar-refractivity contribution in [2.45, 2.75) is 25.0 Å². The zero-order valence-corrected chi connectivity index (χ0v) is 13.3. The average molecular weight is 309 g/mol. The van der Waals surface area contributed by atoms with Crippen LogP contribution in [0.25, 0.3) is 0 Å². The second-order valence-corrected chi connectivity index (χ2v) is 6.58. The van der Waals surface area contributed by atoms with Crippen molar-refractivity contribution in [2.75, 3.05) is 38.3 Å². The summed E-state index contributed by atoms with van der Waals surface area (Å²) in [6, 6.07) is 6.13. The smallest absolute Gasteiger partial charge is 0.161 e. The van der Waals surface area contributed by atoms with E-state index in [-0.39, 0.29) is 6.10 Å². The first-order chi connectivity index (χ1) is 10.4. The van der Waals surface area contributed by atoms with E-state index in [0.717, 1.165) is 48.9 Å². The summed E-state index contributed by atoms with van der Waals surface area (Å²) in [5.41, 5.74) is 1.15. The largest absolute Gasteiger partial charge is 0.493 e. The molecule has 4 nitrogen and oxygen atoms in total. The SMILES string of the molecule is COc1ccc(C2CNCCO2)cc1OC1CCCSC1. The first-order valence-electron chi connectivity index (χ1n) is 7.61. The number of benzene rings is 1. The standard InChI is InChI=1S/C16H23NO3S/c1-18-14-5-4-12(16-10-17-6-7-19-16)9-15(14)20-13-3-2-8-21-11-13/h4-5,9,13,16-17H,2-3,6-8,10-11H2,1H3. The molecule has 2 unspecified atom stereocenters. The number of hydrogen-bond donors (Lipinski definition) is 1. The third kappa shape index (κ3) is 3.84. The zero-order chi connectivity index (χ0) is 14.5. The first kappa shape index (κ1) is 15.0. The number of thioether (sulfide) groups is 1. The van der Waals surface area contributed by atoms with Gasteiger partial charge in [0.2, 0.25) is 0 Å². The van der Waals surface area contributed by atoms with Crippen LogP contribution in [0.5, 0.6) is 11.5 Å². The Labute approximate surface area is 130 Å². The van der Waals surface area contributed by atoms with Crippen LogP contribution >= 0.6 is 11.8 Å². The summed E-state index contributed by atoms with van der Waals surface area (Å²) in [5, 5.41) is 3.36. The van der Waals surface area contributed by atoms with Crippen LogP contribution in [0, 0.1) is 0 Å². The fraction of sp³-hybridized carbons (Fsp3) is 0.625. The summed E-state index contributed by atoms with van der Waals surface area (Å²) >= 11 is 1.97. The minimum atomic E-state index is 0.104. The highest BCUT2D eigenvalue weighted by molar-refractivity contribution is 7.99. The molecule has 2 fully saturated rings. The summed E-state index contributed by atoms with van der Waals surface area (Å²) in [4.78, 5) is 0. The van der Waals surface area contributed by atoms with Gasteiger partial charge in [-0.15, -0.1) is 0 Å². The van der Waals surface area contributed by atoms with Gasteiger partial charge in [0.15, 0.2) is 11.5 Å². The van der Waals surface area contributed by atoms with Crippen LogP contribution in [0.2, 0.25) is 0 Å². The van der Waals surface area contributed by atoms with Crippen LogP contribution in [0.3, 0.4) is 0 Å². The Bertz CT molecular complexity index is 457. The van der Waals surface area contributed by atoms with Crippen LogP contribution in [-0.2, 0) is 4.74 Å². The van der Waals surface area contributed by atoms with Crippen molar-refractivity contribution in [3.05, 3.63) is 23.8 Å². The molecule has 0 aromatic heterocycles. The van der Waals surface area contributed by atoms with Gasteiger partial charge in [-0.25, -0.2) is 0 Å². The van der Waals surface area contributed by atoms with Crippen LogP contribution in [0.15, 0.2) is 18.2 Å². The third-order valence-corrected chi connectivity index (χ3v) is 5.08. The van der Waals surface area contributed by atoms with Gasteiger partial charge in [0.1, 0.15) is 6.10 Å². The maximum atomic E-state index is 6.19. The maximum absolute atomic E-state index is 6.19. The van der Waals surface area contributed by atoms with Gasteiger partial charge in [-0.3, -0.25) is 0 Å². The fourth-order valence-electron chi connectivity index (χ4n) is 2.75. The van der Waals surface area contributed by atoms with Crippen molar-refractivity contribution in [2.24, 2.45) is 0 Å². The predicted molar refractivity (Wildman–Crippen MR) is 85.5 cm³/mol. The van der Waals surface area contributed by atoms with E-state index in [9.17, 15) is 0 Å². The van der Waals surface area contributed by atoms with Crippen molar-refractivity contribution in [1.29, 1.82) is 0 Å². The van der Waals surface area contributed by atoms with Gasteiger partial charge in [0.25, 0.3) is 0 Å². The molecule has 116 valence electrons. The highest BCUT2D eigenvalue weighted by atomic mass is 32.2. The molecule has 0 spiro atoms. The maximum Gasteiger partial charge on any atom is 0.161 e. The molecule has 2 atom stereocenters. The van der Waals surface area contributed by atoms with Crippen molar-refractivity contribution in [3.63, 3.8) is 0 Å². The Morgan fingerprint density at radius 2 is 2.29 bits per heavy atom. The lowest BCUT2D eigenvalue weighted by atomic mass is 10.1. The molecule has 21 heavy (non-hydrogen) atoms. The van der Waals surface area contributed by atoms with Crippen molar-refractivity contribution in [3.8, 4) is 11.5 Å². The molecule has 0 aliphatic carbocycles. The van der Waals surface area contributed by atoms with Crippen LogP contribution in [-0.4, -0.2) is 44.4 Å². The topological polar surface area (TPSA) is 39.7 Å². The fourth-order valence-corrected chi connectivity index (χ4v) is 3.78. The molecule has 2 saturated heterocycles. The molecule has 5 heteroatoms. The molecule has 1 N–H and O–H groups in total. The minimum Gasteiger partial charge on any atom is -0.493 e. The molecule has 1 aromatic carbocycles. The molecule has 2 heterocycles. The van der Waals surface area contributed by atoms with Gasteiger partial charge in [0, 0.05) is 18.8 Å². The number of methoxy groups -OCH3 is 1. The highest BCUT2D eigenvalue weighted by Gasteiger charge is 2.20. The Hall–Kier alpha value is -0.910. The summed E-state index contributed by atoms with van der Waals surface area (Å²) in [7, 11) is 1.69. The summed E-state index contributed by atoms with van der Waals surface area (Å²) in [5.74, 6) is 3.96. The number of ether oxygens (including phenoxy) is 3. The molecular formula is C16H23NO3S. The molecule has 2 aliphatic heterocycles. The molecule has 0 saturated carbocycles. The Kier molecular flexibility index (Phi) is 5.27. The number of hydrogen-bond acceptors (Lipinski definition) is 5. The first-order valence-corrected chi connectivity index (χ1v) is 8.77. The van der Waals surface area contributed by atoms with E-state index in [4.69, 9.17) is 14.2 Å². The van der Waals surface area contributed by atoms with E-state index < -0.39 is 0 Å². The lowest BCUT2D eigenvalue weighted by Crippen LogP contribution is -2.33. The molecule has 0 bridgehead atoms. The van der Waals surface area contributed by atoms with Gasteiger partial charge < -0.3 is 19.5 Å². The number of morpholine rings is 1. The Morgan fingerprint density at radius 1 is 1.33 bits per heavy atom. The molecule has 0 amide bonds. The lowest BCUT2D eigenvalue weighted by molar-refractivity contribution is 0.0274. The number of nitrogens with one attached hydrogen (secondary N) is 1. The van der Waals surface area contributed by atoms with Gasteiger partial charge in [-0.1, -0.05) is 6.07 Å². The second-order valence-electron chi connectivity index (χ2n) is 5.43. The van der Waals surface area contributed by atoms with E-state index in [1.165, 1.54) is 12.2 Å². The minimum absolute atomic E-state index is 0.104. The highest BCUT2D eigenvalue weighted by Crippen LogP contribution is 2.34. The molecule has 1 aromatic rings.